The van der Waals surface area contributed by atoms with E-state index in [1.165, 1.54) is 13.0 Å². The summed E-state index contributed by atoms with van der Waals surface area (Å²) in [6.45, 7) is 1.45. The Morgan fingerprint density at radius 3 is 2.36 bits per heavy atom. The summed E-state index contributed by atoms with van der Waals surface area (Å²) in [6, 6.07) is 3.09. The fraction of sp³-hybridized carbons (Fsp3) is 0.389. The van der Waals surface area contributed by atoms with E-state index in [0.717, 1.165) is 0 Å². The Labute approximate surface area is 143 Å². The maximum Gasteiger partial charge on any atom is 0.307 e. The quantitative estimate of drug-likeness (QED) is 0.641. The van der Waals surface area contributed by atoms with E-state index in [9.17, 15) is 19.5 Å². The molecule has 0 radical (unpaired) electrons. The second-order valence-electron chi connectivity index (χ2n) is 6.63. The van der Waals surface area contributed by atoms with Crippen LogP contribution in [0.3, 0.4) is 0 Å². The van der Waals surface area contributed by atoms with Crippen molar-refractivity contribution in [2.24, 2.45) is 23.7 Å². The van der Waals surface area contributed by atoms with Gasteiger partial charge in [-0.3, -0.25) is 14.4 Å². The van der Waals surface area contributed by atoms with E-state index < -0.39 is 17.8 Å². The first-order chi connectivity index (χ1) is 12.0. The Balaban J connectivity index is 1.64. The molecule has 130 valence electrons. The second-order valence-corrected chi connectivity index (χ2v) is 6.63. The molecule has 3 aliphatic rings. The van der Waals surface area contributed by atoms with Gasteiger partial charge in [-0.05, 0) is 31.2 Å². The van der Waals surface area contributed by atoms with E-state index in [1.807, 2.05) is 12.2 Å². The summed E-state index contributed by atoms with van der Waals surface area (Å²) in [5.74, 6) is -2.24. The van der Waals surface area contributed by atoms with Crippen LogP contribution in [-0.2, 0) is 9.59 Å². The van der Waals surface area contributed by atoms with Crippen molar-refractivity contribution in [2.75, 3.05) is 12.1 Å². The molecule has 2 N–H and O–H groups in total. The fourth-order valence-corrected chi connectivity index (χ4v) is 4.07. The monoisotopic (exact) mass is 343 g/mol. The van der Waals surface area contributed by atoms with Crippen LogP contribution in [0, 0.1) is 23.7 Å². The van der Waals surface area contributed by atoms with Crippen molar-refractivity contribution >= 4 is 23.3 Å². The topological polar surface area (TPSA) is 102 Å². The van der Waals surface area contributed by atoms with Crippen LogP contribution in [0.25, 0.3) is 0 Å². The minimum Gasteiger partial charge on any atom is -0.481 e. The molecule has 0 aromatic heterocycles. The zero-order valence-electron chi connectivity index (χ0n) is 13.5. The van der Waals surface area contributed by atoms with E-state index in [-0.39, 0.29) is 30.3 Å². The maximum absolute atomic E-state index is 12.8. The summed E-state index contributed by atoms with van der Waals surface area (Å²) in [4.78, 5) is 36.3. The normalized spacial score (nSPS) is 28.2. The average molecular weight is 343 g/mol. The molecular formula is C18H17NO6. The number of fused-ring (bicyclic) bond motifs is 3. The third-order valence-electron chi connectivity index (χ3n) is 5.20. The molecule has 25 heavy (non-hydrogen) atoms. The number of carboxylic acids is 1. The zero-order valence-corrected chi connectivity index (χ0v) is 13.5. The molecule has 0 spiro atoms. The highest BCUT2D eigenvalue weighted by Gasteiger charge is 2.51. The van der Waals surface area contributed by atoms with Gasteiger partial charge in [0.15, 0.2) is 17.3 Å². The zero-order chi connectivity index (χ0) is 17.7. The molecule has 1 aromatic rings. The summed E-state index contributed by atoms with van der Waals surface area (Å²) in [6.07, 6.45) is 4.48. The third-order valence-corrected chi connectivity index (χ3v) is 5.20. The molecule has 1 aliphatic heterocycles. The lowest BCUT2D eigenvalue weighted by molar-refractivity contribution is -0.146. The van der Waals surface area contributed by atoms with E-state index in [2.05, 4.69) is 5.32 Å². The summed E-state index contributed by atoms with van der Waals surface area (Å²) < 4.78 is 10.6. The summed E-state index contributed by atoms with van der Waals surface area (Å²) in [5, 5.41) is 12.2. The molecule has 2 bridgehead atoms. The molecule has 7 nitrogen and oxygen atoms in total. The van der Waals surface area contributed by atoms with Crippen LogP contribution < -0.4 is 14.8 Å². The lowest BCUT2D eigenvalue weighted by Crippen LogP contribution is -2.36. The van der Waals surface area contributed by atoms with Gasteiger partial charge in [0.25, 0.3) is 0 Å². The smallest absolute Gasteiger partial charge is 0.307 e. The lowest BCUT2D eigenvalue weighted by Gasteiger charge is -2.24. The molecule has 1 saturated carbocycles. The van der Waals surface area contributed by atoms with Gasteiger partial charge in [0.1, 0.15) is 0 Å². The van der Waals surface area contributed by atoms with E-state index >= 15 is 0 Å². The molecule has 0 saturated heterocycles. The van der Waals surface area contributed by atoms with Gasteiger partial charge in [-0.15, -0.1) is 0 Å². The van der Waals surface area contributed by atoms with E-state index in [0.29, 0.717) is 29.2 Å². The summed E-state index contributed by atoms with van der Waals surface area (Å²) >= 11 is 0. The minimum atomic E-state index is -0.963. The number of benzene rings is 1. The number of ether oxygens (including phenoxy) is 2. The van der Waals surface area contributed by atoms with Crippen molar-refractivity contribution in [1.82, 2.24) is 0 Å². The van der Waals surface area contributed by atoms with Crippen molar-refractivity contribution < 1.29 is 29.0 Å². The van der Waals surface area contributed by atoms with Gasteiger partial charge in [0, 0.05) is 11.6 Å². The number of rotatable bonds is 4. The van der Waals surface area contributed by atoms with Crippen LogP contribution in [0.15, 0.2) is 24.3 Å². The van der Waals surface area contributed by atoms with E-state index in [4.69, 9.17) is 9.47 Å². The molecule has 1 heterocycles. The molecule has 1 fully saturated rings. The first-order valence-corrected chi connectivity index (χ1v) is 8.12. The third kappa shape index (κ3) is 2.47. The Hall–Kier alpha value is -2.83. The number of aliphatic carboxylic acids is 1. The molecule has 1 aromatic carbocycles. The highest BCUT2D eigenvalue weighted by molar-refractivity contribution is 6.05. The first-order valence-electron chi connectivity index (χ1n) is 8.12. The first kappa shape index (κ1) is 15.7. The van der Waals surface area contributed by atoms with Gasteiger partial charge in [-0.25, -0.2) is 0 Å². The minimum absolute atomic E-state index is 0.0579. The molecule has 0 unspecified atom stereocenters. The summed E-state index contributed by atoms with van der Waals surface area (Å²) in [5.41, 5.74) is 0.626. The van der Waals surface area contributed by atoms with Gasteiger partial charge in [-0.2, -0.15) is 0 Å². The van der Waals surface area contributed by atoms with Crippen LogP contribution in [-0.4, -0.2) is 29.6 Å². The number of nitrogens with one attached hydrogen (secondary N) is 1. The molecule has 4 atom stereocenters. The Kier molecular flexibility index (Phi) is 3.52. The summed E-state index contributed by atoms with van der Waals surface area (Å²) in [7, 11) is 0. The van der Waals surface area contributed by atoms with Gasteiger partial charge in [0.05, 0.1) is 17.5 Å². The molecule has 7 heteroatoms. The number of anilines is 1. The number of hydrogen-bond donors (Lipinski definition) is 2. The highest BCUT2D eigenvalue weighted by atomic mass is 16.7. The number of Topliss-reactive ketones (excluding diaryl/α,β-unsaturated/α-hetero) is 1. The predicted octanol–water partition coefficient (Wildman–Crippen LogP) is 2.08. The Bertz CT molecular complexity index is 814. The standard InChI is InChI=1S/C18H17NO6/c1-8(20)11-5-13-14(25-7-24-13)6-12(11)19-17(21)15-9-2-3-10(4-9)16(15)18(22)23/h2-3,5-6,9-10,15-16H,4,7H2,1H3,(H,19,21)(H,22,23)/t9-,10-,15-,16-/m0/s1. The van der Waals surface area contributed by atoms with Gasteiger partial charge in [0.2, 0.25) is 12.7 Å². The van der Waals surface area contributed by atoms with Gasteiger partial charge < -0.3 is 19.9 Å². The number of carbonyl (C=O) groups excluding carboxylic acids is 2. The Morgan fingerprint density at radius 2 is 1.72 bits per heavy atom. The van der Waals surface area contributed by atoms with Crippen molar-refractivity contribution in [1.29, 1.82) is 0 Å². The van der Waals surface area contributed by atoms with E-state index in [1.54, 1.807) is 6.07 Å². The maximum atomic E-state index is 12.8. The number of allylic oxidation sites excluding steroid dienone is 2. The predicted molar refractivity (Wildman–Crippen MR) is 86.6 cm³/mol. The van der Waals surface area contributed by atoms with Crippen LogP contribution >= 0.6 is 0 Å². The average Bonchev–Trinajstić information content (AvgIpc) is 3.28. The molecule has 4 rings (SSSR count). The Morgan fingerprint density at radius 1 is 1.08 bits per heavy atom. The second kappa shape index (κ2) is 5.61. The molecular weight excluding hydrogens is 326 g/mol. The largest absolute Gasteiger partial charge is 0.481 e. The number of amides is 1. The van der Waals surface area contributed by atoms with Gasteiger partial charge in [-0.1, -0.05) is 12.2 Å². The highest BCUT2D eigenvalue weighted by Crippen LogP contribution is 2.48. The van der Waals surface area contributed by atoms with Crippen LogP contribution in [0.4, 0.5) is 5.69 Å². The molecule has 1 amide bonds. The lowest BCUT2D eigenvalue weighted by atomic mass is 9.82. The van der Waals surface area contributed by atoms with Crippen LogP contribution in [0.1, 0.15) is 23.7 Å². The van der Waals surface area contributed by atoms with Crippen molar-refractivity contribution in [3.05, 3.63) is 29.8 Å². The fourth-order valence-electron chi connectivity index (χ4n) is 4.07. The number of carboxylic acid groups (broad SMARTS) is 1. The van der Waals surface area contributed by atoms with Crippen LogP contribution in [0.5, 0.6) is 11.5 Å². The number of hydrogen-bond acceptors (Lipinski definition) is 5. The van der Waals surface area contributed by atoms with Crippen LogP contribution in [0.2, 0.25) is 0 Å². The number of ketones is 1. The van der Waals surface area contributed by atoms with Gasteiger partial charge >= 0.3 is 5.97 Å². The molecule has 2 aliphatic carbocycles. The SMILES string of the molecule is CC(=O)c1cc2c(cc1NC(=O)[C@@H]1[C@@H](C(=O)O)[C@H]3C=C[C@H]1C3)OCO2. The number of carbonyl (C=O) groups is 3. The van der Waals surface area contributed by atoms with Crippen molar-refractivity contribution in [3.63, 3.8) is 0 Å². The van der Waals surface area contributed by atoms with Crippen molar-refractivity contribution in [3.8, 4) is 11.5 Å². The van der Waals surface area contributed by atoms with Crippen molar-refractivity contribution in [2.45, 2.75) is 13.3 Å².